The van der Waals surface area contributed by atoms with Gasteiger partial charge in [-0.25, -0.2) is 0 Å². The van der Waals surface area contributed by atoms with E-state index in [1.807, 2.05) is 19.1 Å². The number of aliphatic hydroxyl groups is 1. The Labute approximate surface area is 144 Å². The summed E-state index contributed by atoms with van der Waals surface area (Å²) in [5.41, 5.74) is 2.51. The molecule has 3 rings (SSSR count). The van der Waals surface area contributed by atoms with Crippen LogP contribution in [0.5, 0.6) is 0 Å². The number of aryl methyl sites for hydroxylation is 1. The van der Waals surface area contributed by atoms with Crippen LogP contribution in [0, 0.1) is 6.92 Å². The first-order chi connectivity index (χ1) is 11.5. The third-order valence-electron chi connectivity index (χ3n) is 4.91. The molecule has 0 spiro atoms. The van der Waals surface area contributed by atoms with Gasteiger partial charge in [0.05, 0.1) is 12.1 Å². The highest BCUT2D eigenvalue weighted by molar-refractivity contribution is 5.48. The van der Waals surface area contributed by atoms with Crippen molar-refractivity contribution in [3.8, 4) is 0 Å². The molecule has 1 aromatic carbocycles. The van der Waals surface area contributed by atoms with Crippen LogP contribution in [0.1, 0.15) is 55.9 Å². The Kier molecular flexibility index (Phi) is 5.27. The molecular weight excluding hydrogens is 300 g/mol. The standard InChI is InChI=1S/C20H28N2O2/c1-14-4-9-20(24-14)16(3)21-15(2)17-5-7-18(8-6-17)22-12-10-19(23)11-13-22/h4-9,15-16,19,21,23H,10-13H2,1-3H3. The molecule has 4 nitrogen and oxygen atoms in total. The van der Waals surface area contributed by atoms with Crippen molar-refractivity contribution in [1.82, 2.24) is 5.32 Å². The van der Waals surface area contributed by atoms with E-state index in [4.69, 9.17) is 4.42 Å². The molecule has 2 unspecified atom stereocenters. The van der Waals surface area contributed by atoms with Crippen LogP contribution < -0.4 is 10.2 Å². The zero-order chi connectivity index (χ0) is 17.1. The van der Waals surface area contributed by atoms with Gasteiger partial charge in [-0.1, -0.05) is 12.1 Å². The minimum Gasteiger partial charge on any atom is -0.465 e. The molecule has 1 aliphatic heterocycles. The molecule has 1 aliphatic rings. The first kappa shape index (κ1) is 17.1. The summed E-state index contributed by atoms with van der Waals surface area (Å²) in [6.07, 6.45) is 1.59. The molecule has 2 aromatic rings. The molecule has 24 heavy (non-hydrogen) atoms. The highest BCUT2D eigenvalue weighted by Gasteiger charge is 2.18. The van der Waals surface area contributed by atoms with E-state index < -0.39 is 0 Å². The van der Waals surface area contributed by atoms with Crippen molar-refractivity contribution in [2.75, 3.05) is 18.0 Å². The molecule has 0 amide bonds. The van der Waals surface area contributed by atoms with Gasteiger partial charge in [-0.2, -0.15) is 0 Å². The highest BCUT2D eigenvalue weighted by atomic mass is 16.3. The molecule has 1 saturated heterocycles. The van der Waals surface area contributed by atoms with Gasteiger partial charge in [-0.15, -0.1) is 0 Å². The zero-order valence-corrected chi connectivity index (χ0v) is 14.8. The second-order valence-corrected chi connectivity index (χ2v) is 6.87. The van der Waals surface area contributed by atoms with Crippen LogP contribution in [0.15, 0.2) is 40.8 Å². The fourth-order valence-corrected chi connectivity index (χ4v) is 3.34. The van der Waals surface area contributed by atoms with Gasteiger partial charge in [-0.05, 0) is 63.4 Å². The third-order valence-corrected chi connectivity index (χ3v) is 4.91. The normalized spacial score (nSPS) is 18.6. The molecule has 0 radical (unpaired) electrons. The lowest BCUT2D eigenvalue weighted by Crippen LogP contribution is -2.35. The van der Waals surface area contributed by atoms with Gasteiger partial charge < -0.3 is 19.7 Å². The summed E-state index contributed by atoms with van der Waals surface area (Å²) in [6, 6.07) is 13.2. The average molecular weight is 328 g/mol. The van der Waals surface area contributed by atoms with Crippen LogP contribution in [0.2, 0.25) is 0 Å². The summed E-state index contributed by atoms with van der Waals surface area (Å²) in [6.45, 7) is 8.14. The van der Waals surface area contributed by atoms with Crippen LogP contribution >= 0.6 is 0 Å². The predicted octanol–water partition coefficient (Wildman–Crippen LogP) is 3.96. The van der Waals surface area contributed by atoms with Crippen molar-refractivity contribution in [3.63, 3.8) is 0 Å². The molecule has 2 atom stereocenters. The van der Waals surface area contributed by atoms with Crippen LogP contribution in [-0.4, -0.2) is 24.3 Å². The van der Waals surface area contributed by atoms with Gasteiger partial charge in [0.1, 0.15) is 11.5 Å². The third kappa shape index (κ3) is 4.00. The summed E-state index contributed by atoms with van der Waals surface area (Å²) in [5, 5.41) is 13.2. The van der Waals surface area contributed by atoms with Gasteiger partial charge in [-0.3, -0.25) is 0 Å². The highest BCUT2D eigenvalue weighted by Crippen LogP contribution is 2.25. The number of benzene rings is 1. The summed E-state index contributed by atoms with van der Waals surface area (Å²) in [4.78, 5) is 2.35. The van der Waals surface area contributed by atoms with E-state index in [1.165, 1.54) is 11.3 Å². The van der Waals surface area contributed by atoms with E-state index in [2.05, 4.69) is 48.3 Å². The van der Waals surface area contributed by atoms with Gasteiger partial charge >= 0.3 is 0 Å². The van der Waals surface area contributed by atoms with Crippen LogP contribution in [0.4, 0.5) is 5.69 Å². The van der Waals surface area contributed by atoms with E-state index in [9.17, 15) is 5.11 Å². The summed E-state index contributed by atoms with van der Waals surface area (Å²) in [5.74, 6) is 1.92. The molecular formula is C20H28N2O2. The maximum atomic E-state index is 9.63. The van der Waals surface area contributed by atoms with Gasteiger partial charge in [0.25, 0.3) is 0 Å². The van der Waals surface area contributed by atoms with Crippen molar-refractivity contribution in [2.45, 2.75) is 51.8 Å². The van der Waals surface area contributed by atoms with Crippen molar-refractivity contribution < 1.29 is 9.52 Å². The topological polar surface area (TPSA) is 48.6 Å². The summed E-state index contributed by atoms with van der Waals surface area (Å²) < 4.78 is 5.70. The number of hydrogen-bond acceptors (Lipinski definition) is 4. The quantitative estimate of drug-likeness (QED) is 0.872. The predicted molar refractivity (Wildman–Crippen MR) is 97.3 cm³/mol. The molecule has 0 saturated carbocycles. The lowest BCUT2D eigenvalue weighted by Gasteiger charge is -2.31. The Bertz CT molecular complexity index is 642. The van der Waals surface area contributed by atoms with Crippen LogP contribution in [0.3, 0.4) is 0 Å². The number of rotatable bonds is 5. The van der Waals surface area contributed by atoms with E-state index in [0.717, 1.165) is 37.5 Å². The number of hydrogen-bond donors (Lipinski definition) is 2. The molecule has 2 heterocycles. The Morgan fingerprint density at radius 2 is 1.71 bits per heavy atom. The second-order valence-electron chi connectivity index (χ2n) is 6.87. The fraction of sp³-hybridized carbons (Fsp3) is 0.500. The van der Waals surface area contributed by atoms with E-state index in [-0.39, 0.29) is 18.2 Å². The number of piperidine rings is 1. The van der Waals surface area contributed by atoms with Crippen molar-refractivity contribution in [3.05, 3.63) is 53.5 Å². The first-order valence-corrected chi connectivity index (χ1v) is 8.88. The van der Waals surface area contributed by atoms with Crippen molar-refractivity contribution in [2.24, 2.45) is 0 Å². The van der Waals surface area contributed by atoms with Crippen LogP contribution in [0.25, 0.3) is 0 Å². The van der Waals surface area contributed by atoms with E-state index in [0.29, 0.717) is 0 Å². The molecule has 4 heteroatoms. The summed E-state index contributed by atoms with van der Waals surface area (Å²) >= 11 is 0. The van der Waals surface area contributed by atoms with Crippen molar-refractivity contribution in [1.29, 1.82) is 0 Å². The Hall–Kier alpha value is -1.78. The average Bonchev–Trinajstić information content (AvgIpc) is 3.02. The monoisotopic (exact) mass is 328 g/mol. The number of anilines is 1. The van der Waals surface area contributed by atoms with Gasteiger partial charge in [0.15, 0.2) is 0 Å². The number of nitrogens with zero attached hydrogens (tertiary/aromatic N) is 1. The smallest absolute Gasteiger partial charge is 0.120 e. The second kappa shape index (κ2) is 7.41. The fourth-order valence-electron chi connectivity index (χ4n) is 3.34. The largest absolute Gasteiger partial charge is 0.465 e. The Morgan fingerprint density at radius 3 is 2.29 bits per heavy atom. The SMILES string of the molecule is Cc1ccc(C(C)NC(C)c2ccc(N3CCC(O)CC3)cc2)o1. The summed E-state index contributed by atoms with van der Waals surface area (Å²) in [7, 11) is 0. The lowest BCUT2D eigenvalue weighted by atomic mass is 10.0. The minimum absolute atomic E-state index is 0.128. The number of furan rings is 1. The maximum Gasteiger partial charge on any atom is 0.120 e. The molecule has 1 fully saturated rings. The minimum atomic E-state index is -0.128. The van der Waals surface area contributed by atoms with Crippen LogP contribution in [-0.2, 0) is 0 Å². The molecule has 2 N–H and O–H groups in total. The maximum absolute atomic E-state index is 9.63. The molecule has 0 bridgehead atoms. The molecule has 0 aliphatic carbocycles. The van der Waals surface area contributed by atoms with Gasteiger partial charge in [0, 0.05) is 24.8 Å². The Balaban J connectivity index is 1.60. The van der Waals surface area contributed by atoms with E-state index in [1.54, 1.807) is 0 Å². The van der Waals surface area contributed by atoms with Gasteiger partial charge in [0.2, 0.25) is 0 Å². The van der Waals surface area contributed by atoms with Crippen molar-refractivity contribution >= 4 is 5.69 Å². The Morgan fingerprint density at radius 1 is 1.04 bits per heavy atom. The lowest BCUT2D eigenvalue weighted by molar-refractivity contribution is 0.145. The molecule has 1 aromatic heterocycles. The zero-order valence-electron chi connectivity index (χ0n) is 14.8. The number of aliphatic hydroxyl groups excluding tert-OH is 1. The number of nitrogens with one attached hydrogen (secondary N) is 1. The first-order valence-electron chi connectivity index (χ1n) is 8.88. The van der Waals surface area contributed by atoms with E-state index >= 15 is 0 Å². The molecule has 130 valence electrons.